The summed E-state index contributed by atoms with van der Waals surface area (Å²) in [5.74, 6) is -1.37. The van der Waals surface area contributed by atoms with Crippen LogP contribution < -0.4 is 5.43 Å². The lowest BCUT2D eigenvalue weighted by Crippen LogP contribution is -2.38. The van der Waals surface area contributed by atoms with E-state index in [0.29, 0.717) is 15.6 Å². The lowest BCUT2D eigenvalue weighted by Gasteiger charge is -2.27. The number of benzene rings is 2. The van der Waals surface area contributed by atoms with Crippen molar-refractivity contribution in [2.24, 2.45) is 5.10 Å². The summed E-state index contributed by atoms with van der Waals surface area (Å²) in [6.45, 7) is 1.57. The number of nitrogens with one attached hydrogen (secondary N) is 1. The number of sulfonamides is 1. The van der Waals surface area contributed by atoms with Crippen LogP contribution in [-0.2, 0) is 14.8 Å². The predicted octanol–water partition coefficient (Wildman–Crippen LogP) is 1.79. The summed E-state index contributed by atoms with van der Waals surface area (Å²) in [7, 11) is -2.80. The second-order valence-electron chi connectivity index (χ2n) is 5.82. The minimum absolute atomic E-state index is 0.0126. The molecule has 0 spiro atoms. The van der Waals surface area contributed by atoms with E-state index in [1.54, 1.807) is 31.2 Å². The molecule has 1 heterocycles. The summed E-state index contributed by atoms with van der Waals surface area (Å²) in [6, 6.07) is 12.3. The Morgan fingerprint density at radius 1 is 1.07 bits per heavy atom. The maximum atomic E-state index is 12.6. The summed E-state index contributed by atoms with van der Waals surface area (Å²) in [5, 5.41) is 24.2. The number of rotatable bonds is 3. The molecule has 0 fully saturated rings. The molecule has 0 atom stereocenters. The van der Waals surface area contributed by atoms with Crippen molar-refractivity contribution in [2.75, 3.05) is 7.05 Å². The van der Waals surface area contributed by atoms with Crippen molar-refractivity contribution >= 4 is 27.4 Å². The molecule has 8 nitrogen and oxygen atoms in total. The third-order valence-electron chi connectivity index (χ3n) is 4.15. The number of amides is 1. The van der Waals surface area contributed by atoms with Gasteiger partial charge in [0.05, 0.1) is 10.6 Å². The van der Waals surface area contributed by atoms with Crippen LogP contribution in [0.4, 0.5) is 0 Å². The second kappa shape index (κ2) is 6.76. The SMILES string of the molecule is C/C(=N\NC(=O)C1=C(O)c2ccccc2S(=O)(=O)N1C)c1ccccc1O. The number of hydrazone groups is 1. The first kappa shape index (κ1) is 18.5. The highest BCUT2D eigenvalue weighted by Gasteiger charge is 2.37. The van der Waals surface area contributed by atoms with Crippen LogP contribution >= 0.6 is 0 Å². The summed E-state index contributed by atoms with van der Waals surface area (Å²) in [5.41, 5.74) is 2.54. The van der Waals surface area contributed by atoms with Crippen molar-refractivity contribution < 1.29 is 23.4 Å². The number of aliphatic hydroxyl groups excluding tert-OH is 1. The van der Waals surface area contributed by atoms with Crippen molar-refractivity contribution in [1.29, 1.82) is 0 Å². The van der Waals surface area contributed by atoms with Gasteiger partial charge < -0.3 is 10.2 Å². The molecule has 2 aromatic carbocycles. The number of para-hydroxylation sites is 1. The lowest BCUT2D eigenvalue weighted by molar-refractivity contribution is -0.118. The fourth-order valence-electron chi connectivity index (χ4n) is 2.71. The summed E-state index contributed by atoms with van der Waals surface area (Å²) < 4.78 is 25.9. The number of carbonyl (C=O) groups excluding carboxylic acids is 1. The van der Waals surface area contributed by atoms with Crippen LogP contribution in [0, 0.1) is 0 Å². The van der Waals surface area contributed by atoms with Crippen LogP contribution in [0.15, 0.2) is 64.2 Å². The Labute approximate surface area is 156 Å². The van der Waals surface area contributed by atoms with Gasteiger partial charge in [0, 0.05) is 18.2 Å². The van der Waals surface area contributed by atoms with Crippen LogP contribution in [0.3, 0.4) is 0 Å². The average Bonchev–Trinajstić information content (AvgIpc) is 2.65. The Balaban J connectivity index is 1.97. The van der Waals surface area contributed by atoms with Gasteiger partial charge in [0.15, 0.2) is 11.5 Å². The Morgan fingerprint density at radius 3 is 2.41 bits per heavy atom. The van der Waals surface area contributed by atoms with E-state index in [9.17, 15) is 23.4 Å². The predicted molar refractivity (Wildman–Crippen MR) is 99.4 cm³/mol. The fourth-order valence-corrected chi connectivity index (χ4v) is 4.11. The minimum atomic E-state index is -3.98. The highest BCUT2D eigenvalue weighted by atomic mass is 32.2. The molecule has 0 saturated heterocycles. The van der Waals surface area contributed by atoms with Crippen molar-refractivity contribution in [2.45, 2.75) is 11.8 Å². The number of aromatic hydroxyl groups is 1. The Bertz CT molecular complexity index is 1090. The van der Waals surface area contributed by atoms with Gasteiger partial charge in [0.1, 0.15) is 5.75 Å². The average molecular weight is 387 g/mol. The molecular formula is C18H17N3O5S. The zero-order chi connectivity index (χ0) is 19.8. The van der Waals surface area contributed by atoms with Crippen LogP contribution in [-0.4, -0.2) is 41.6 Å². The van der Waals surface area contributed by atoms with E-state index < -0.39 is 27.4 Å². The molecule has 0 radical (unpaired) electrons. The number of fused-ring (bicyclic) bond motifs is 1. The first-order chi connectivity index (χ1) is 12.7. The number of hydrogen-bond acceptors (Lipinski definition) is 6. The van der Waals surface area contributed by atoms with Gasteiger partial charge in [-0.15, -0.1) is 0 Å². The highest BCUT2D eigenvalue weighted by Crippen LogP contribution is 2.34. The third-order valence-corrected chi connectivity index (χ3v) is 5.97. The molecule has 1 aliphatic heterocycles. The number of phenolic OH excluding ortho intramolecular Hbond substituents is 1. The van der Waals surface area contributed by atoms with E-state index in [4.69, 9.17) is 0 Å². The fraction of sp³-hybridized carbons (Fsp3) is 0.111. The molecule has 0 bridgehead atoms. The summed E-state index contributed by atoms with van der Waals surface area (Å²) >= 11 is 0. The lowest BCUT2D eigenvalue weighted by atomic mass is 10.1. The molecule has 140 valence electrons. The van der Waals surface area contributed by atoms with Crippen LogP contribution in [0.2, 0.25) is 0 Å². The van der Waals surface area contributed by atoms with Crippen LogP contribution in [0.25, 0.3) is 5.76 Å². The van der Waals surface area contributed by atoms with Gasteiger partial charge in [0.25, 0.3) is 15.9 Å². The van der Waals surface area contributed by atoms with Gasteiger partial charge in [-0.1, -0.05) is 24.3 Å². The zero-order valence-corrected chi connectivity index (χ0v) is 15.4. The topological polar surface area (TPSA) is 119 Å². The molecule has 0 unspecified atom stereocenters. The molecule has 1 amide bonds. The van der Waals surface area contributed by atoms with E-state index in [1.807, 2.05) is 0 Å². The molecule has 2 aromatic rings. The number of likely N-dealkylation sites (N-methyl/N-ethyl adjacent to an activating group) is 1. The second-order valence-corrected chi connectivity index (χ2v) is 7.76. The van der Waals surface area contributed by atoms with E-state index in [2.05, 4.69) is 10.5 Å². The summed E-state index contributed by atoms with van der Waals surface area (Å²) in [6.07, 6.45) is 0. The number of nitrogens with zero attached hydrogens (tertiary/aromatic N) is 2. The van der Waals surface area contributed by atoms with Gasteiger partial charge in [-0.3, -0.25) is 9.10 Å². The van der Waals surface area contributed by atoms with E-state index in [-0.39, 0.29) is 16.2 Å². The largest absolute Gasteiger partial charge is 0.507 e. The Kier molecular flexibility index (Phi) is 4.63. The van der Waals surface area contributed by atoms with Crippen molar-refractivity contribution in [3.05, 3.63) is 65.4 Å². The van der Waals surface area contributed by atoms with Crippen molar-refractivity contribution in [1.82, 2.24) is 9.73 Å². The first-order valence-corrected chi connectivity index (χ1v) is 9.33. The Hall–Kier alpha value is -3.33. The van der Waals surface area contributed by atoms with Crippen LogP contribution in [0.1, 0.15) is 18.1 Å². The van der Waals surface area contributed by atoms with Gasteiger partial charge in [0.2, 0.25) is 0 Å². The van der Waals surface area contributed by atoms with Crippen molar-refractivity contribution in [3.8, 4) is 5.75 Å². The molecule has 3 N–H and O–H groups in total. The van der Waals surface area contributed by atoms with E-state index >= 15 is 0 Å². The third kappa shape index (κ3) is 3.13. The summed E-state index contributed by atoms with van der Waals surface area (Å²) in [4.78, 5) is 12.4. The first-order valence-electron chi connectivity index (χ1n) is 7.89. The van der Waals surface area contributed by atoms with Crippen LogP contribution in [0.5, 0.6) is 5.75 Å². The molecule has 0 aliphatic carbocycles. The number of phenols is 1. The molecule has 3 rings (SSSR count). The molecule has 9 heteroatoms. The quantitative estimate of drug-likeness (QED) is 0.548. The van der Waals surface area contributed by atoms with Gasteiger partial charge in [-0.2, -0.15) is 5.10 Å². The molecule has 27 heavy (non-hydrogen) atoms. The maximum absolute atomic E-state index is 12.6. The maximum Gasteiger partial charge on any atom is 0.292 e. The highest BCUT2D eigenvalue weighted by molar-refractivity contribution is 7.89. The van der Waals surface area contributed by atoms with Gasteiger partial charge in [-0.25, -0.2) is 13.8 Å². The van der Waals surface area contributed by atoms with E-state index in [0.717, 1.165) is 0 Å². The molecule has 0 saturated carbocycles. The molecule has 1 aliphatic rings. The standard InChI is InChI=1S/C18H17N3O5S/c1-11(12-7-3-5-9-14(12)22)19-20-18(24)16-17(23)13-8-4-6-10-15(13)27(25,26)21(16)2/h3-10,22-23H,1-2H3,(H,20,24)/b19-11+. The zero-order valence-electron chi connectivity index (χ0n) is 14.5. The van der Waals surface area contributed by atoms with E-state index in [1.165, 1.54) is 31.3 Å². The normalized spacial score (nSPS) is 16.1. The Morgan fingerprint density at radius 2 is 1.70 bits per heavy atom. The number of carbonyl (C=O) groups is 1. The molecular weight excluding hydrogens is 370 g/mol. The monoisotopic (exact) mass is 387 g/mol. The minimum Gasteiger partial charge on any atom is -0.507 e. The van der Waals surface area contributed by atoms with Crippen molar-refractivity contribution in [3.63, 3.8) is 0 Å². The van der Waals surface area contributed by atoms with Gasteiger partial charge in [-0.05, 0) is 31.2 Å². The van der Waals surface area contributed by atoms with Gasteiger partial charge >= 0.3 is 0 Å². The number of hydrogen-bond donors (Lipinski definition) is 3. The molecule has 0 aromatic heterocycles. The smallest absolute Gasteiger partial charge is 0.292 e. The number of aliphatic hydroxyl groups is 1.